The van der Waals surface area contributed by atoms with E-state index in [-0.39, 0.29) is 29.5 Å². The van der Waals surface area contributed by atoms with E-state index >= 15 is 0 Å². The van der Waals surface area contributed by atoms with Gasteiger partial charge in [0.15, 0.2) is 5.43 Å². The zero-order chi connectivity index (χ0) is 19.7. The maximum absolute atomic E-state index is 13.0. The van der Waals surface area contributed by atoms with E-state index in [1.165, 1.54) is 6.07 Å². The van der Waals surface area contributed by atoms with Crippen LogP contribution < -0.4 is 11.2 Å². The highest BCUT2D eigenvalue weighted by atomic mass is 16.2. The molecule has 4 rings (SSSR count). The Morgan fingerprint density at radius 2 is 2.11 bits per heavy atom. The van der Waals surface area contributed by atoms with E-state index in [1.807, 2.05) is 6.07 Å². The summed E-state index contributed by atoms with van der Waals surface area (Å²) in [6.07, 6.45) is 5.05. The fourth-order valence-corrected chi connectivity index (χ4v) is 3.84. The van der Waals surface area contributed by atoms with Crippen molar-refractivity contribution in [3.63, 3.8) is 0 Å². The number of fused-ring (bicyclic) bond motifs is 1. The fraction of sp³-hybridized carbons (Fsp3) is 0.300. The number of primary amides is 1. The highest BCUT2D eigenvalue weighted by molar-refractivity contribution is 5.95. The monoisotopic (exact) mass is 379 g/mol. The molecule has 0 saturated carbocycles. The number of pyridine rings is 1. The molecule has 3 N–H and O–H groups in total. The van der Waals surface area contributed by atoms with Gasteiger partial charge in [0.1, 0.15) is 18.1 Å². The number of para-hydroxylation sites is 1. The number of piperidine rings is 1. The van der Waals surface area contributed by atoms with Crippen LogP contribution in [0.5, 0.6) is 0 Å². The number of benzene rings is 1. The van der Waals surface area contributed by atoms with Gasteiger partial charge in [-0.05, 0) is 25.0 Å². The summed E-state index contributed by atoms with van der Waals surface area (Å²) < 4.78 is 1.73. The third kappa shape index (κ3) is 3.40. The Morgan fingerprint density at radius 3 is 2.93 bits per heavy atom. The van der Waals surface area contributed by atoms with E-state index in [2.05, 4.69) is 9.97 Å². The van der Waals surface area contributed by atoms with Gasteiger partial charge in [-0.15, -0.1) is 0 Å². The van der Waals surface area contributed by atoms with E-state index in [1.54, 1.807) is 40.1 Å². The number of aromatic nitrogens is 3. The Labute approximate surface area is 161 Å². The van der Waals surface area contributed by atoms with Gasteiger partial charge in [-0.3, -0.25) is 14.4 Å². The number of nitrogens with one attached hydrogen (secondary N) is 1. The summed E-state index contributed by atoms with van der Waals surface area (Å²) in [4.78, 5) is 45.8. The van der Waals surface area contributed by atoms with Crippen LogP contribution in [0.1, 0.15) is 35.1 Å². The minimum Gasteiger partial charge on any atom is -0.368 e. The molecule has 8 nitrogen and oxygen atoms in total. The minimum absolute atomic E-state index is 0.0132. The van der Waals surface area contributed by atoms with Crippen LogP contribution in [0.3, 0.4) is 0 Å². The molecule has 0 unspecified atom stereocenters. The van der Waals surface area contributed by atoms with Crippen LogP contribution in [0.2, 0.25) is 0 Å². The molecule has 1 fully saturated rings. The van der Waals surface area contributed by atoms with Crippen molar-refractivity contribution < 1.29 is 9.59 Å². The van der Waals surface area contributed by atoms with Crippen molar-refractivity contribution in [2.45, 2.75) is 25.3 Å². The Kier molecular flexibility index (Phi) is 4.68. The summed E-state index contributed by atoms with van der Waals surface area (Å²) in [5.41, 5.74) is 6.05. The van der Waals surface area contributed by atoms with Gasteiger partial charge < -0.3 is 20.2 Å². The predicted octanol–water partition coefficient (Wildman–Crippen LogP) is 1.23. The van der Waals surface area contributed by atoms with Crippen molar-refractivity contribution in [2.24, 2.45) is 5.73 Å². The molecule has 28 heavy (non-hydrogen) atoms. The molecule has 1 saturated heterocycles. The average molecular weight is 379 g/mol. The lowest BCUT2D eigenvalue weighted by Crippen LogP contribution is -2.40. The summed E-state index contributed by atoms with van der Waals surface area (Å²) in [7, 11) is 0. The van der Waals surface area contributed by atoms with Crippen LogP contribution in [0.25, 0.3) is 10.9 Å². The Morgan fingerprint density at radius 1 is 1.29 bits per heavy atom. The molecular weight excluding hydrogens is 358 g/mol. The lowest BCUT2D eigenvalue weighted by molar-refractivity contribution is -0.118. The largest absolute Gasteiger partial charge is 0.368 e. The van der Waals surface area contributed by atoms with Crippen LogP contribution in [-0.4, -0.2) is 44.3 Å². The van der Waals surface area contributed by atoms with Gasteiger partial charge in [0.05, 0.1) is 0 Å². The van der Waals surface area contributed by atoms with Crippen molar-refractivity contribution in [2.75, 3.05) is 13.1 Å². The van der Waals surface area contributed by atoms with E-state index in [9.17, 15) is 14.4 Å². The number of nitrogens with zero attached hydrogens (tertiary/aromatic N) is 3. The number of hydrogen-bond donors (Lipinski definition) is 2. The molecule has 0 bridgehead atoms. The molecular formula is C20H21N5O3. The van der Waals surface area contributed by atoms with Crippen molar-refractivity contribution in [3.8, 4) is 0 Å². The number of likely N-dealkylation sites (tertiary alicyclic amines) is 1. The summed E-state index contributed by atoms with van der Waals surface area (Å²) in [5, 5.41) is 0.559. The van der Waals surface area contributed by atoms with Gasteiger partial charge >= 0.3 is 0 Å². The lowest BCUT2D eigenvalue weighted by Gasteiger charge is -2.32. The number of hydrogen-bond acceptors (Lipinski definition) is 4. The number of H-pyrrole nitrogens is 1. The van der Waals surface area contributed by atoms with E-state index in [4.69, 9.17) is 5.73 Å². The molecule has 1 aliphatic rings. The topological polar surface area (TPSA) is 114 Å². The lowest BCUT2D eigenvalue weighted by atomic mass is 9.96. The Balaban J connectivity index is 1.58. The van der Waals surface area contributed by atoms with E-state index in [0.29, 0.717) is 24.0 Å². The SMILES string of the molecule is NC(=O)Cn1ccnc1[C@H]1CCCN(C(=O)c2cc(=O)c3ccccc3[nH]2)C1. The summed E-state index contributed by atoms with van der Waals surface area (Å²) in [5.74, 6) is 0.125. The first-order chi connectivity index (χ1) is 13.5. The fourth-order valence-electron chi connectivity index (χ4n) is 3.84. The molecule has 0 spiro atoms. The van der Waals surface area contributed by atoms with Crippen LogP contribution in [0.15, 0.2) is 47.5 Å². The summed E-state index contributed by atoms with van der Waals surface area (Å²) in [6, 6.07) is 8.50. The first-order valence-electron chi connectivity index (χ1n) is 9.23. The van der Waals surface area contributed by atoms with E-state index < -0.39 is 5.91 Å². The number of amides is 2. The number of rotatable bonds is 4. The normalized spacial score (nSPS) is 17.0. The van der Waals surface area contributed by atoms with Crippen molar-refractivity contribution in [1.82, 2.24) is 19.4 Å². The zero-order valence-electron chi connectivity index (χ0n) is 15.3. The smallest absolute Gasteiger partial charge is 0.270 e. The highest BCUT2D eigenvalue weighted by Crippen LogP contribution is 2.26. The van der Waals surface area contributed by atoms with Crippen LogP contribution in [0, 0.1) is 0 Å². The van der Waals surface area contributed by atoms with Gasteiger partial charge in [0, 0.05) is 48.4 Å². The first-order valence-corrected chi connectivity index (χ1v) is 9.23. The van der Waals surface area contributed by atoms with Gasteiger partial charge in [-0.2, -0.15) is 0 Å². The van der Waals surface area contributed by atoms with Gasteiger partial charge in [-0.1, -0.05) is 12.1 Å². The second-order valence-electron chi connectivity index (χ2n) is 7.06. The molecule has 3 aromatic rings. The van der Waals surface area contributed by atoms with Crippen molar-refractivity contribution in [3.05, 3.63) is 64.5 Å². The summed E-state index contributed by atoms with van der Waals surface area (Å²) in [6.45, 7) is 1.15. The first kappa shape index (κ1) is 18.0. The number of carbonyl (C=O) groups excluding carboxylic acids is 2. The number of imidazole rings is 1. The predicted molar refractivity (Wildman–Crippen MR) is 104 cm³/mol. The zero-order valence-corrected chi connectivity index (χ0v) is 15.3. The molecule has 0 radical (unpaired) electrons. The standard InChI is InChI=1S/C20H21N5O3/c21-18(27)12-24-9-7-22-19(24)13-4-3-8-25(11-13)20(28)16-10-17(26)14-5-1-2-6-15(14)23-16/h1-2,5-7,9-10,13H,3-4,8,11-12H2,(H2,21,27)(H,23,26)/t13-/m0/s1. The molecule has 2 amide bonds. The minimum atomic E-state index is -0.434. The number of aromatic amines is 1. The number of carbonyl (C=O) groups is 2. The Hall–Kier alpha value is -3.42. The molecule has 0 aliphatic carbocycles. The van der Waals surface area contributed by atoms with Crippen LogP contribution in [-0.2, 0) is 11.3 Å². The van der Waals surface area contributed by atoms with E-state index in [0.717, 1.165) is 18.7 Å². The molecule has 1 aromatic carbocycles. The highest BCUT2D eigenvalue weighted by Gasteiger charge is 2.28. The second kappa shape index (κ2) is 7.30. The van der Waals surface area contributed by atoms with Gasteiger partial charge in [-0.25, -0.2) is 4.98 Å². The average Bonchev–Trinajstić information content (AvgIpc) is 3.15. The van der Waals surface area contributed by atoms with Crippen molar-refractivity contribution in [1.29, 1.82) is 0 Å². The molecule has 8 heteroatoms. The number of nitrogens with two attached hydrogens (primary N) is 1. The maximum Gasteiger partial charge on any atom is 0.270 e. The quantitative estimate of drug-likeness (QED) is 0.709. The van der Waals surface area contributed by atoms with Crippen molar-refractivity contribution >= 4 is 22.7 Å². The molecule has 2 aromatic heterocycles. The van der Waals surface area contributed by atoms with Crippen LogP contribution in [0.4, 0.5) is 0 Å². The second-order valence-corrected chi connectivity index (χ2v) is 7.06. The maximum atomic E-state index is 13.0. The molecule has 144 valence electrons. The third-order valence-electron chi connectivity index (χ3n) is 5.12. The van der Waals surface area contributed by atoms with Gasteiger partial charge in [0.25, 0.3) is 5.91 Å². The molecule has 1 atom stereocenters. The Bertz CT molecular complexity index is 1100. The summed E-state index contributed by atoms with van der Waals surface area (Å²) >= 11 is 0. The van der Waals surface area contributed by atoms with Gasteiger partial charge in [0.2, 0.25) is 5.91 Å². The molecule has 3 heterocycles. The molecule has 1 aliphatic heterocycles. The van der Waals surface area contributed by atoms with Crippen LogP contribution >= 0.6 is 0 Å². The third-order valence-corrected chi connectivity index (χ3v) is 5.12.